The summed E-state index contributed by atoms with van der Waals surface area (Å²) in [6, 6.07) is 5.77. The second-order valence-corrected chi connectivity index (χ2v) is 6.13. The lowest BCUT2D eigenvalue weighted by Gasteiger charge is -2.09. The Bertz CT molecular complexity index is 921. The zero-order valence-electron chi connectivity index (χ0n) is 11.7. The van der Waals surface area contributed by atoms with Gasteiger partial charge in [-0.1, -0.05) is 0 Å². The number of alkyl halides is 6. The predicted octanol–water partition coefficient (Wildman–Crippen LogP) is 3.80. The molecule has 5 nitrogen and oxygen atoms in total. The van der Waals surface area contributed by atoms with Crippen molar-refractivity contribution in [1.29, 1.82) is 5.26 Å². The summed E-state index contributed by atoms with van der Waals surface area (Å²) in [5.74, 6) is -0.692. The fourth-order valence-corrected chi connectivity index (χ4v) is 2.23. The third kappa shape index (κ3) is 3.87. The maximum atomic E-state index is 12.7. The van der Waals surface area contributed by atoms with Crippen LogP contribution in [0.1, 0.15) is 11.3 Å². The summed E-state index contributed by atoms with van der Waals surface area (Å²) in [7, 11) is -5.87. The number of rotatable bonds is 3. The highest BCUT2D eigenvalue weighted by atomic mass is 32.2. The summed E-state index contributed by atoms with van der Waals surface area (Å²) in [5, 5.41) is 8.89. The highest BCUT2D eigenvalue weighted by Gasteiger charge is 2.48. The van der Waals surface area contributed by atoms with Gasteiger partial charge in [0.1, 0.15) is 17.5 Å². The molecule has 0 unspecified atom stereocenters. The van der Waals surface area contributed by atoms with E-state index in [4.69, 9.17) is 5.26 Å². The van der Waals surface area contributed by atoms with Crippen molar-refractivity contribution in [3.63, 3.8) is 0 Å². The number of aromatic nitrogens is 1. The minimum Gasteiger partial charge on any atom is -0.376 e. The maximum Gasteiger partial charge on any atom is 0.534 e. The molecule has 12 heteroatoms. The van der Waals surface area contributed by atoms with Crippen molar-refractivity contribution in [2.24, 2.45) is 0 Å². The Balaban J connectivity index is 2.36. The normalized spacial score (nSPS) is 12.7. The standard InChI is InChI=1S/C13H6F6N2O3S/c14-12(15,16)10-5-8(6-20)11(21-10)7-1-3-9(4-2-7)24-25(22,23)13(17,18)19/h1-5,21H. The molecule has 0 aliphatic heterocycles. The zero-order chi connectivity index (χ0) is 19.0. The summed E-state index contributed by atoms with van der Waals surface area (Å²) in [4.78, 5) is 1.99. The number of aromatic amines is 1. The van der Waals surface area contributed by atoms with Gasteiger partial charge in [0.15, 0.2) is 0 Å². The van der Waals surface area contributed by atoms with Crippen molar-refractivity contribution >= 4 is 10.1 Å². The van der Waals surface area contributed by atoms with Crippen molar-refractivity contribution in [3.8, 4) is 23.1 Å². The van der Waals surface area contributed by atoms with Crippen molar-refractivity contribution in [3.05, 3.63) is 41.6 Å². The number of nitriles is 1. The lowest BCUT2D eigenvalue weighted by atomic mass is 10.1. The fourth-order valence-electron chi connectivity index (χ4n) is 1.77. The number of nitrogens with one attached hydrogen (secondary N) is 1. The van der Waals surface area contributed by atoms with Gasteiger partial charge in [0.2, 0.25) is 0 Å². The van der Waals surface area contributed by atoms with E-state index in [1.54, 1.807) is 6.07 Å². The Kier molecular flexibility index (Phi) is 4.47. The van der Waals surface area contributed by atoms with Crippen molar-refractivity contribution < 1.29 is 38.9 Å². The highest BCUT2D eigenvalue weighted by molar-refractivity contribution is 7.88. The number of halogens is 6. The molecule has 2 rings (SSSR count). The van der Waals surface area contributed by atoms with Gasteiger partial charge in [0.05, 0.1) is 11.3 Å². The molecule has 0 aliphatic rings. The molecule has 1 aromatic heterocycles. The average molecular weight is 384 g/mol. The van der Waals surface area contributed by atoms with Gasteiger partial charge in [-0.25, -0.2) is 0 Å². The number of hydrogen-bond acceptors (Lipinski definition) is 4. The van der Waals surface area contributed by atoms with Crippen molar-refractivity contribution in [2.75, 3.05) is 0 Å². The molecular formula is C13H6F6N2O3S. The Morgan fingerprint density at radius 1 is 1.04 bits per heavy atom. The molecule has 0 saturated heterocycles. The minimum absolute atomic E-state index is 0.0174. The van der Waals surface area contributed by atoms with E-state index >= 15 is 0 Å². The van der Waals surface area contributed by atoms with E-state index < -0.39 is 33.2 Å². The van der Waals surface area contributed by atoms with E-state index in [0.29, 0.717) is 6.07 Å². The number of H-pyrrole nitrogens is 1. The van der Waals surface area contributed by atoms with Crippen LogP contribution in [0.4, 0.5) is 26.3 Å². The molecule has 25 heavy (non-hydrogen) atoms. The van der Waals surface area contributed by atoms with Crippen LogP contribution < -0.4 is 4.18 Å². The average Bonchev–Trinajstić information content (AvgIpc) is 2.90. The molecule has 0 aliphatic carbocycles. The smallest absolute Gasteiger partial charge is 0.376 e. The zero-order valence-corrected chi connectivity index (χ0v) is 12.6. The summed E-state index contributed by atoms with van der Waals surface area (Å²) in [5.41, 5.74) is -7.35. The van der Waals surface area contributed by atoms with Crippen molar-refractivity contribution in [2.45, 2.75) is 11.7 Å². The van der Waals surface area contributed by atoms with E-state index in [2.05, 4.69) is 4.18 Å². The first-order valence-electron chi connectivity index (χ1n) is 6.16. The Hall–Kier alpha value is -2.68. The molecule has 0 bridgehead atoms. The first-order valence-corrected chi connectivity index (χ1v) is 7.57. The van der Waals surface area contributed by atoms with Gasteiger partial charge in [-0.2, -0.15) is 40.0 Å². The van der Waals surface area contributed by atoms with Crippen LogP contribution in [-0.2, 0) is 16.3 Å². The van der Waals surface area contributed by atoms with Crippen LogP contribution in [0, 0.1) is 11.3 Å². The predicted molar refractivity (Wildman–Crippen MR) is 71.5 cm³/mol. The van der Waals surface area contributed by atoms with Gasteiger partial charge in [0, 0.05) is 0 Å². The van der Waals surface area contributed by atoms with Gasteiger partial charge >= 0.3 is 21.8 Å². The monoisotopic (exact) mass is 384 g/mol. The topological polar surface area (TPSA) is 82.9 Å². The lowest BCUT2D eigenvalue weighted by Crippen LogP contribution is -2.28. The van der Waals surface area contributed by atoms with Crippen LogP contribution in [0.25, 0.3) is 11.3 Å². The highest BCUT2D eigenvalue weighted by Crippen LogP contribution is 2.34. The van der Waals surface area contributed by atoms with Crippen molar-refractivity contribution in [1.82, 2.24) is 4.98 Å². The van der Waals surface area contributed by atoms with Crippen LogP contribution in [0.2, 0.25) is 0 Å². The molecule has 134 valence electrons. The molecule has 0 radical (unpaired) electrons. The number of hydrogen-bond donors (Lipinski definition) is 1. The molecule has 0 atom stereocenters. The van der Waals surface area contributed by atoms with Crippen LogP contribution >= 0.6 is 0 Å². The molecule has 2 aromatic rings. The first kappa shape index (κ1) is 18.7. The second kappa shape index (κ2) is 5.99. The van der Waals surface area contributed by atoms with E-state index in [0.717, 1.165) is 24.3 Å². The Morgan fingerprint density at radius 2 is 1.60 bits per heavy atom. The molecule has 0 amide bonds. The lowest BCUT2D eigenvalue weighted by molar-refractivity contribution is -0.140. The summed E-state index contributed by atoms with van der Waals surface area (Å²) >= 11 is 0. The molecule has 0 fully saturated rings. The van der Waals surface area contributed by atoms with Crippen LogP contribution in [-0.4, -0.2) is 18.9 Å². The van der Waals surface area contributed by atoms with E-state index in [1.165, 1.54) is 0 Å². The Morgan fingerprint density at radius 3 is 2.04 bits per heavy atom. The van der Waals surface area contributed by atoms with Crippen LogP contribution in [0.3, 0.4) is 0 Å². The molecule has 0 spiro atoms. The summed E-state index contributed by atoms with van der Waals surface area (Å²) in [6.45, 7) is 0. The van der Waals surface area contributed by atoms with Crippen LogP contribution in [0.5, 0.6) is 5.75 Å². The summed E-state index contributed by atoms with van der Waals surface area (Å²) in [6.07, 6.45) is -4.73. The minimum atomic E-state index is -5.87. The van der Waals surface area contributed by atoms with Crippen LogP contribution in [0.15, 0.2) is 30.3 Å². The first-order chi connectivity index (χ1) is 11.3. The largest absolute Gasteiger partial charge is 0.534 e. The second-order valence-electron chi connectivity index (χ2n) is 4.59. The van der Waals surface area contributed by atoms with Gasteiger partial charge in [-0.15, -0.1) is 0 Å². The molecule has 1 aromatic carbocycles. The SMILES string of the molecule is N#Cc1cc(C(F)(F)F)[nH]c1-c1ccc(OS(=O)(=O)C(F)(F)F)cc1. The van der Waals surface area contributed by atoms with Gasteiger partial charge in [-0.05, 0) is 35.9 Å². The molecule has 0 saturated carbocycles. The molecular weight excluding hydrogens is 378 g/mol. The fraction of sp³-hybridized carbons (Fsp3) is 0.154. The quantitative estimate of drug-likeness (QED) is 0.496. The van der Waals surface area contributed by atoms with Gasteiger partial charge in [0.25, 0.3) is 0 Å². The number of benzene rings is 1. The molecule has 1 heterocycles. The van der Waals surface area contributed by atoms with E-state index in [9.17, 15) is 34.8 Å². The third-order valence-electron chi connectivity index (χ3n) is 2.88. The number of nitrogens with zero attached hydrogens (tertiary/aromatic N) is 1. The van der Waals surface area contributed by atoms with E-state index in [1.807, 2.05) is 4.98 Å². The Labute approximate surface area is 136 Å². The third-order valence-corrected chi connectivity index (χ3v) is 3.85. The van der Waals surface area contributed by atoms with Gasteiger partial charge in [-0.3, -0.25) is 0 Å². The van der Waals surface area contributed by atoms with Gasteiger partial charge < -0.3 is 9.17 Å². The summed E-state index contributed by atoms with van der Waals surface area (Å²) < 4.78 is 100. The van der Waals surface area contributed by atoms with E-state index in [-0.39, 0.29) is 16.8 Å². The maximum absolute atomic E-state index is 12.7. The molecule has 1 N–H and O–H groups in total.